The van der Waals surface area contributed by atoms with Crippen LogP contribution in [0.3, 0.4) is 0 Å². The van der Waals surface area contributed by atoms with Crippen LogP contribution in [0.25, 0.3) is 0 Å². The largest absolute Gasteiger partial charge is 0.329 e. The minimum Gasteiger partial charge on any atom is -0.329 e. The van der Waals surface area contributed by atoms with E-state index in [-0.39, 0.29) is 17.5 Å². The molecule has 14 heavy (non-hydrogen) atoms. The quantitative estimate of drug-likeness (QED) is 0.601. The van der Waals surface area contributed by atoms with Crippen LogP contribution in [0.15, 0.2) is 0 Å². The van der Waals surface area contributed by atoms with Gasteiger partial charge in [0.05, 0.1) is 17.5 Å². The van der Waals surface area contributed by atoms with Crippen molar-refractivity contribution in [2.75, 3.05) is 18.1 Å². The third kappa shape index (κ3) is 2.47. The molecule has 0 aliphatic carbocycles. The van der Waals surface area contributed by atoms with E-state index in [1.54, 1.807) is 0 Å². The van der Waals surface area contributed by atoms with Crippen molar-refractivity contribution in [2.24, 2.45) is 5.73 Å². The molecule has 1 aliphatic rings. The zero-order chi connectivity index (χ0) is 10.8. The van der Waals surface area contributed by atoms with E-state index in [1.807, 2.05) is 6.92 Å². The molecule has 1 rings (SSSR count). The van der Waals surface area contributed by atoms with Crippen LogP contribution < -0.4 is 11.1 Å². The van der Waals surface area contributed by atoms with Crippen LogP contribution in [0.5, 0.6) is 0 Å². The number of rotatable bonds is 3. The molecule has 0 amide bonds. The van der Waals surface area contributed by atoms with Crippen LogP contribution in [0, 0.1) is 12.3 Å². The molecule has 0 radical (unpaired) electrons. The summed E-state index contributed by atoms with van der Waals surface area (Å²) in [6.07, 6.45) is 5.78. The number of nitrogens with one attached hydrogen (secondary N) is 1. The second-order valence-corrected chi connectivity index (χ2v) is 6.04. The lowest BCUT2D eigenvalue weighted by molar-refractivity contribution is 0.359. The number of terminal acetylenes is 1. The highest BCUT2D eigenvalue weighted by Gasteiger charge is 2.41. The average molecular weight is 216 g/mol. The van der Waals surface area contributed by atoms with E-state index in [9.17, 15) is 8.42 Å². The van der Waals surface area contributed by atoms with Crippen molar-refractivity contribution < 1.29 is 8.42 Å². The second kappa shape index (κ2) is 3.89. The Morgan fingerprint density at radius 3 is 2.71 bits per heavy atom. The highest BCUT2D eigenvalue weighted by Crippen LogP contribution is 2.22. The first kappa shape index (κ1) is 11.5. The molecule has 0 bridgehead atoms. The van der Waals surface area contributed by atoms with Gasteiger partial charge in [0.2, 0.25) is 0 Å². The Hall–Kier alpha value is -0.570. The third-order valence-corrected chi connectivity index (χ3v) is 4.37. The molecule has 0 aromatic heterocycles. The summed E-state index contributed by atoms with van der Waals surface area (Å²) >= 11 is 0. The Morgan fingerprint density at radius 1 is 1.71 bits per heavy atom. The molecule has 1 aliphatic heterocycles. The summed E-state index contributed by atoms with van der Waals surface area (Å²) < 4.78 is 22.7. The van der Waals surface area contributed by atoms with Gasteiger partial charge < -0.3 is 5.73 Å². The van der Waals surface area contributed by atoms with Crippen molar-refractivity contribution in [3.63, 3.8) is 0 Å². The maximum absolute atomic E-state index is 11.3. The predicted molar refractivity (Wildman–Crippen MR) is 56.5 cm³/mol. The molecule has 0 spiro atoms. The second-order valence-electron chi connectivity index (χ2n) is 3.86. The molecule has 0 aromatic carbocycles. The van der Waals surface area contributed by atoms with Crippen LogP contribution in [-0.2, 0) is 9.84 Å². The summed E-state index contributed by atoms with van der Waals surface area (Å²) in [7, 11) is -2.93. The van der Waals surface area contributed by atoms with Crippen LogP contribution >= 0.6 is 0 Å². The van der Waals surface area contributed by atoms with E-state index >= 15 is 0 Å². The summed E-state index contributed by atoms with van der Waals surface area (Å²) in [6.45, 7) is 2.13. The van der Waals surface area contributed by atoms with Crippen LogP contribution in [0.4, 0.5) is 0 Å². The van der Waals surface area contributed by atoms with Crippen LogP contribution in [-0.4, -0.2) is 38.0 Å². The first-order valence-corrected chi connectivity index (χ1v) is 6.39. The Balaban J connectivity index is 2.76. The molecule has 0 saturated carbocycles. The lowest BCUT2D eigenvalue weighted by Crippen LogP contribution is -2.55. The molecule has 1 saturated heterocycles. The highest BCUT2D eigenvalue weighted by atomic mass is 32.2. The van der Waals surface area contributed by atoms with Crippen molar-refractivity contribution in [3.05, 3.63) is 0 Å². The van der Waals surface area contributed by atoms with Gasteiger partial charge in [-0.3, -0.25) is 5.32 Å². The number of hydrogen-bond donors (Lipinski definition) is 2. The fourth-order valence-corrected chi connectivity index (χ4v) is 3.78. The lowest BCUT2D eigenvalue weighted by atomic mass is 9.98. The van der Waals surface area contributed by atoms with Gasteiger partial charge >= 0.3 is 0 Å². The molecule has 1 heterocycles. The van der Waals surface area contributed by atoms with E-state index < -0.39 is 15.4 Å². The molecule has 4 nitrogen and oxygen atoms in total. The van der Waals surface area contributed by atoms with E-state index in [0.717, 1.165) is 0 Å². The summed E-state index contributed by atoms with van der Waals surface area (Å²) in [4.78, 5) is 0. The number of hydrogen-bond acceptors (Lipinski definition) is 4. The molecule has 0 aromatic rings. The van der Waals surface area contributed by atoms with Gasteiger partial charge in [0.25, 0.3) is 0 Å². The van der Waals surface area contributed by atoms with Gasteiger partial charge in [-0.25, -0.2) is 8.42 Å². The average Bonchev–Trinajstić information content (AvgIpc) is 2.42. The third-order valence-electron chi connectivity index (χ3n) is 2.55. The maximum atomic E-state index is 11.3. The Kier molecular flexibility index (Phi) is 3.20. The molecule has 2 atom stereocenters. The van der Waals surface area contributed by atoms with Crippen molar-refractivity contribution >= 4 is 9.84 Å². The molecule has 80 valence electrons. The molecule has 5 heteroatoms. The molecular weight excluding hydrogens is 200 g/mol. The Labute approximate surface area is 85.2 Å². The van der Waals surface area contributed by atoms with Crippen LogP contribution in [0.2, 0.25) is 0 Å². The molecule has 1 fully saturated rings. The predicted octanol–water partition coefficient (Wildman–Crippen LogP) is -0.886. The molecule has 2 unspecified atom stereocenters. The first-order chi connectivity index (χ1) is 6.43. The van der Waals surface area contributed by atoms with Gasteiger partial charge in [-0.05, 0) is 13.3 Å². The van der Waals surface area contributed by atoms with Crippen LogP contribution in [0.1, 0.15) is 13.3 Å². The Bertz CT molecular complexity index is 344. The minimum absolute atomic E-state index is 0.0997. The fourth-order valence-electron chi connectivity index (χ4n) is 1.75. The molecule has 3 N–H and O–H groups in total. The number of sulfone groups is 1. The summed E-state index contributed by atoms with van der Waals surface area (Å²) in [5.41, 5.74) is 5.09. The zero-order valence-corrected chi connectivity index (χ0v) is 9.10. The maximum Gasteiger partial charge on any atom is 0.152 e. The van der Waals surface area contributed by atoms with Gasteiger partial charge in [0, 0.05) is 12.1 Å². The zero-order valence-electron chi connectivity index (χ0n) is 8.29. The normalized spacial score (nSPS) is 32.4. The van der Waals surface area contributed by atoms with Gasteiger partial charge in [-0.1, -0.05) is 5.92 Å². The smallest absolute Gasteiger partial charge is 0.152 e. The summed E-state index contributed by atoms with van der Waals surface area (Å²) in [5.74, 6) is 2.82. The van der Waals surface area contributed by atoms with Crippen molar-refractivity contribution in [1.82, 2.24) is 5.32 Å². The van der Waals surface area contributed by atoms with Gasteiger partial charge in [-0.2, -0.15) is 0 Å². The number of nitrogens with two attached hydrogens (primary N) is 1. The van der Waals surface area contributed by atoms with Crippen molar-refractivity contribution in [1.29, 1.82) is 0 Å². The fraction of sp³-hybridized carbons (Fsp3) is 0.778. The molecular formula is C9H16N2O2S. The summed E-state index contributed by atoms with van der Waals surface area (Å²) in [6, 6.07) is -0.146. The lowest BCUT2D eigenvalue weighted by Gasteiger charge is -2.29. The van der Waals surface area contributed by atoms with Crippen molar-refractivity contribution in [3.8, 4) is 12.3 Å². The van der Waals surface area contributed by atoms with Gasteiger partial charge in [0.15, 0.2) is 9.84 Å². The van der Waals surface area contributed by atoms with Gasteiger partial charge in [-0.15, -0.1) is 6.42 Å². The van der Waals surface area contributed by atoms with E-state index in [2.05, 4.69) is 11.2 Å². The standard InChI is InChI=1S/C9H16N2O2S/c1-3-8(2)11-9(6-10)4-5-14(12,13)7-9/h1,8,11H,4-7,10H2,2H3. The monoisotopic (exact) mass is 216 g/mol. The highest BCUT2D eigenvalue weighted by molar-refractivity contribution is 7.91. The van der Waals surface area contributed by atoms with E-state index in [4.69, 9.17) is 12.2 Å². The summed E-state index contributed by atoms with van der Waals surface area (Å²) in [5, 5.41) is 3.11. The van der Waals surface area contributed by atoms with Crippen molar-refractivity contribution in [2.45, 2.75) is 24.9 Å². The van der Waals surface area contributed by atoms with Gasteiger partial charge in [0.1, 0.15) is 0 Å². The SMILES string of the molecule is C#CC(C)NC1(CN)CCS(=O)(=O)C1. The van der Waals surface area contributed by atoms with E-state index in [1.165, 1.54) is 0 Å². The minimum atomic E-state index is -2.93. The Morgan fingerprint density at radius 2 is 2.36 bits per heavy atom. The van der Waals surface area contributed by atoms with E-state index in [0.29, 0.717) is 13.0 Å². The topological polar surface area (TPSA) is 72.2 Å². The first-order valence-electron chi connectivity index (χ1n) is 4.57.